The molecule has 0 saturated carbocycles. The zero-order valence-corrected chi connectivity index (χ0v) is 12.7. The van der Waals surface area contributed by atoms with E-state index in [1.807, 2.05) is 19.2 Å². The van der Waals surface area contributed by atoms with Crippen molar-refractivity contribution >= 4 is 11.8 Å². The van der Waals surface area contributed by atoms with Crippen LogP contribution < -0.4 is 10.1 Å². The first-order valence-corrected chi connectivity index (χ1v) is 7.57. The number of ether oxygens (including phenoxy) is 1. The molecule has 0 heterocycles. The summed E-state index contributed by atoms with van der Waals surface area (Å²) in [7, 11) is 1.44. The molecule has 0 amide bonds. The number of hydrogen-bond acceptors (Lipinski definition) is 4. The number of benzene rings is 1. The lowest BCUT2D eigenvalue weighted by atomic mass is 10.1. The summed E-state index contributed by atoms with van der Waals surface area (Å²) in [4.78, 5) is 0. The molecule has 2 unspecified atom stereocenters. The fraction of sp³-hybridized carbons (Fsp3) is 0.571. The second-order valence-electron chi connectivity index (χ2n) is 4.93. The van der Waals surface area contributed by atoms with Gasteiger partial charge in [-0.3, -0.25) is 0 Å². The van der Waals surface area contributed by atoms with Gasteiger partial charge in [-0.05, 0) is 37.8 Å². The molecule has 3 nitrogen and oxygen atoms in total. The highest BCUT2D eigenvalue weighted by molar-refractivity contribution is 7.98. The van der Waals surface area contributed by atoms with E-state index in [0.717, 1.165) is 5.56 Å². The van der Waals surface area contributed by atoms with Crippen LogP contribution in [0.4, 0.5) is 4.39 Å². The molecule has 0 aliphatic rings. The van der Waals surface area contributed by atoms with Crippen LogP contribution in [-0.2, 0) is 0 Å². The minimum atomic E-state index is -0.765. The highest BCUT2D eigenvalue weighted by Crippen LogP contribution is 2.22. The topological polar surface area (TPSA) is 41.5 Å². The molecule has 0 aromatic heterocycles. The zero-order valence-electron chi connectivity index (χ0n) is 11.9. The number of nitrogens with one attached hydrogen (secondary N) is 1. The third-order valence-electron chi connectivity index (χ3n) is 2.92. The van der Waals surface area contributed by atoms with E-state index in [2.05, 4.69) is 5.32 Å². The summed E-state index contributed by atoms with van der Waals surface area (Å²) < 4.78 is 18.5. The number of halogens is 1. The van der Waals surface area contributed by atoms with E-state index >= 15 is 0 Å². The lowest BCUT2D eigenvalue weighted by Gasteiger charge is -2.25. The molecular formula is C14H22FNO2S. The van der Waals surface area contributed by atoms with Crippen LogP contribution >= 0.6 is 11.8 Å². The van der Waals surface area contributed by atoms with Gasteiger partial charge in [0.25, 0.3) is 0 Å². The first kappa shape index (κ1) is 16.3. The van der Waals surface area contributed by atoms with Gasteiger partial charge < -0.3 is 15.2 Å². The van der Waals surface area contributed by atoms with Crippen LogP contribution in [0.5, 0.6) is 5.75 Å². The Kier molecular flexibility index (Phi) is 6.10. The van der Waals surface area contributed by atoms with Crippen molar-refractivity contribution in [3.63, 3.8) is 0 Å². The summed E-state index contributed by atoms with van der Waals surface area (Å²) in [6.07, 6.45) is 1.96. The molecule has 1 rings (SSSR count). The van der Waals surface area contributed by atoms with Gasteiger partial charge in [-0.15, -0.1) is 0 Å². The number of hydrogen-bond donors (Lipinski definition) is 2. The quantitative estimate of drug-likeness (QED) is 0.809. The Labute approximate surface area is 118 Å². The second-order valence-corrected chi connectivity index (χ2v) is 5.79. The average molecular weight is 287 g/mol. The molecule has 0 aliphatic carbocycles. The predicted octanol–water partition coefficient (Wildman–Crippen LogP) is 2.60. The Morgan fingerprint density at radius 2 is 2.21 bits per heavy atom. The van der Waals surface area contributed by atoms with E-state index in [1.54, 1.807) is 24.8 Å². The average Bonchev–Trinajstić information content (AvgIpc) is 2.36. The smallest absolute Gasteiger partial charge is 0.165 e. The molecule has 1 aromatic carbocycles. The Morgan fingerprint density at radius 3 is 2.74 bits per heavy atom. The summed E-state index contributed by atoms with van der Waals surface area (Å²) in [5, 5.41) is 13.3. The van der Waals surface area contributed by atoms with Crippen molar-refractivity contribution < 1.29 is 14.2 Å². The fourth-order valence-corrected chi connectivity index (χ4v) is 2.53. The van der Waals surface area contributed by atoms with E-state index in [4.69, 9.17) is 4.74 Å². The van der Waals surface area contributed by atoms with Gasteiger partial charge >= 0.3 is 0 Å². The highest BCUT2D eigenvalue weighted by atomic mass is 32.2. The molecule has 0 saturated heterocycles. The monoisotopic (exact) mass is 287 g/mol. The Balaban J connectivity index is 2.63. The van der Waals surface area contributed by atoms with Crippen LogP contribution in [-0.4, -0.2) is 36.4 Å². The first-order valence-electron chi connectivity index (χ1n) is 6.18. The molecule has 2 N–H and O–H groups in total. The van der Waals surface area contributed by atoms with Crippen LogP contribution in [0.1, 0.15) is 25.5 Å². The number of thioether (sulfide) groups is 1. The van der Waals surface area contributed by atoms with Gasteiger partial charge in [-0.1, -0.05) is 6.07 Å². The maximum atomic E-state index is 13.6. The summed E-state index contributed by atoms with van der Waals surface area (Å²) in [6.45, 7) is 4.19. The molecule has 108 valence electrons. The lowest BCUT2D eigenvalue weighted by molar-refractivity contribution is 0.0820. The molecule has 0 bridgehead atoms. The number of methoxy groups -OCH3 is 1. The minimum Gasteiger partial charge on any atom is -0.494 e. The largest absolute Gasteiger partial charge is 0.494 e. The predicted molar refractivity (Wildman–Crippen MR) is 78.4 cm³/mol. The van der Waals surface area contributed by atoms with Crippen molar-refractivity contribution in [3.05, 3.63) is 29.6 Å². The number of rotatable bonds is 7. The molecule has 19 heavy (non-hydrogen) atoms. The van der Waals surface area contributed by atoms with Gasteiger partial charge in [0.15, 0.2) is 11.6 Å². The Hall–Kier alpha value is -0.780. The van der Waals surface area contributed by atoms with Crippen molar-refractivity contribution in [2.24, 2.45) is 0 Å². The van der Waals surface area contributed by atoms with Gasteiger partial charge in [-0.25, -0.2) is 4.39 Å². The van der Waals surface area contributed by atoms with Gasteiger partial charge in [-0.2, -0.15) is 11.8 Å². The van der Waals surface area contributed by atoms with E-state index < -0.39 is 5.60 Å². The molecule has 1 aromatic rings. The molecular weight excluding hydrogens is 265 g/mol. The molecule has 0 aliphatic heterocycles. The highest BCUT2D eigenvalue weighted by Gasteiger charge is 2.20. The normalized spacial score (nSPS) is 15.9. The van der Waals surface area contributed by atoms with Gasteiger partial charge in [0.05, 0.1) is 12.7 Å². The first-order chi connectivity index (χ1) is 8.89. The summed E-state index contributed by atoms with van der Waals surface area (Å²) in [5.41, 5.74) is 0.0665. The molecule has 0 fully saturated rings. The zero-order chi connectivity index (χ0) is 14.5. The second kappa shape index (κ2) is 7.12. The van der Waals surface area contributed by atoms with E-state index in [9.17, 15) is 9.50 Å². The molecule has 0 spiro atoms. The minimum absolute atomic E-state index is 0.0336. The van der Waals surface area contributed by atoms with Crippen molar-refractivity contribution in [1.29, 1.82) is 0 Å². The van der Waals surface area contributed by atoms with Crippen LogP contribution in [0.15, 0.2) is 18.2 Å². The maximum Gasteiger partial charge on any atom is 0.165 e. The SMILES string of the molecule is COc1ccc(C(C)NCC(C)(O)CSC)cc1F. The van der Waals surface area contributed by atoms with Gasteiger partial charge in [0.1, 0.15) is 0 Å². The van der Waals surface area contributed by atoms with Crippen LogP contribution in [0, 0.1) is 5.82 Å². The van der Waals surface area contributed by atoms with Crippen LogP contribution in [0.2, 0.25) is 0 Å². The fourth-order valence-electron chi connectivity index (χ4n) is 1.80. The maximum absolute atomic E-state index is 13.6. The van der Waals surface area contributed by atoms with E-state index in [-0.39, 0.29) is 17.6 Å². The van der Waals surface area contributed by atoms with E-state index in [0.29, 0.717) is 12.3 Å². The van der Waals surface area contributed by atoms with Gasteiger partial charge in [0.2, 0.25) is 0 Å². The Bertz CT molecular complexity index is 412. The van der Waals surface area contributed by atoms with Crippen molar-refractivity contribution in [1.82, 2.24) is 5.32 Å². The summed E-state index contributed by atoms with van der Waals surface area (Å²) in [5.74, 6) is 0.527. The van der Waals surface area contributed by atoms with Gasteiger partial charge in [0, 0.05) is 18.3 Å². The molecule has 2 atom stereocenters. The summed E-state index contributed by atoms with van der Waals surface area (Å²) >= 11 is 1.60. The van der Waals surface area contributed by atoms with Crippen LogP contribution in [0.3, 0.4) is 0 Å². The number of aliphatic hydroxyl groups is 1. The van der Waals surface area contributed by atoms with E-state index in [1.165, 1.54) is 13.2 Å². The Morgan fingerprint density at radius 1 is 1.53 bits per heavy atom. The third-order valence-corrected chi connectivity index (χ3v) is 3.83. The van der Waals surface area contributed by atoms with Crippen molar-refractivity contribution in [3.8, 4) is 5.75 Å². The van der Waals surface area contributed by atoms with Crippen molar-refractivity contribution in [2.45, 2.75) is 25.5 Å². The van der Waals surface area contributed by atoms with Crippen LogP contribution in [0.25, 0.3) is 0 Å². The third kappa shape index (κ3) is 5.01. The summed E-state index contributed by atoms with van der Waals surface area (Å²) in [6, 6.07) is 4.86. The van der Waals surface area contributed by atoms with Crippen molar-refractivity contribution in [2.75, 3.05) is 25.7 Å². The molecule has 0 radical (unpaired) electrons. The standard InChI is InChI=1S/C14H22FNO2S/c1-10(16-8-14(2,17)9-19-4)11-5-6-13(18-3)12(15)7-11/h5-7,10,16-17H,8-9H2,1-4H3. The lowest BCUT2D eigenvalue weighted by Crippen LogP contribution is -2.40. The molecule has 5 heteroatoms.